The molecule has 2 aliphatic carbocycles. The summed E-state index contributed by atoms with van der Waals surface area (Å²) in [4.78, 5) is 166. The lowest BCUT2D eigenvalue weighted by Gasteiger charge is -2.37. The number of aromatic nitrogens is 1. The molecule has 6 rings (SSSR count). The van der Waals surface area contributed by atoms with Crippen molar-refractivity contribution in [1.82, 2.24) is 20.9 Å². The molecular weight excluding hydrogens is 1330 g/mol. The van der Waals surface area contributed by atoms with E-state index in [0.29, 0.717) is 52.6 Å². The Kier molecular flexibility index (Phi) is 29.3. The molecule has 28 nitrogen and oxygen atoms in total. The molecule has 6 atom stereocenters. The SMILES string of the molecule is C=CC1=C(C)C2=NC1=Cc1[nH]c(c(CCC(=O)OCCSSCC(NC(C)=O)C(=O)C[C@@H](CCCN=C(N)N)C(=O)NCC(=O)C[C@@H](CC(=O)O)C(=O)NC(CCCN=C(C)N)C(=O)O)c1C)C=C1CC(=CC3=NC(=C2)C2=CC=C(C(=O)OC)[C@@H](C(=O)OC)[C@]23C)C(C)=C1CCC(=O)OC. The van der Waals surface area contributed by atoms with Gasteiger partial charge in [0, 0.05) is 80.1 Å². The molecule has 5 aliphatic rings. The van der Waals surface area contributed by atoms with Gasteiger partial charge in [-0.2, -0.15) is 0 Å². The monoisotopic (exact) mass is 1420 g/mol. The van der Waals surface area contributed by atoms with Crippen LogP contribution >= 0.6 is 21.6 Å². The minimum Gasteiger partial charge on any atom is -0.481 e. The van der Waals surface area contributed by atoms with E-state index in [2.05, 4.69) is 37.5 Å². The summed E-state index contributed by atoms with van der Waals surface area (Å²) in [5.74, 6) is -11.9. The number of hydrogen-bond acceptors (Lipinski definition) is 21. The number of carbonyl (C=O) groups excluding carboxylic acids is 9. The molecule has 4 heterocycles. The number of aromatic amines is 1. The molecular formula is C70H89N11O17S2. The Morgan fingerprint density at radius 1 is 0.770 bits per heavy atom. The number of nitrogens with two attached hydrogens (primary N) is 3. The zero-order valence-corrected chi connectivity index (χ0v) is 59.4. The van der Waals surface area contributed by atoms with Crippen LogP contribution in [0.2, 0.25) is 0 Å². The van der Waals surface area contributed by atoms with Crippen LogP contribution in [-0.2, 0) is 78.1 Å². The fourth-order valence-electron chi connectivity index (χ4n) is 12.4. The molecule has 12 N–H and O–H groups in total. The molecule has 0 fully saturated rings. The lowest BCUT2D eigenvalue weighted by Crippen LogP contribution is -2.45. The number of ether oxygens (including phenoxy) is 4. The number of methoxy groups -OCH3 is 3. The largest absolute Gasteiger partial charge is 0.481 e. The van der Waals surface area contributed by atoms with Gasteiger partial charge in [0.15, 0.2) is 17.5 Å². The predicted molar refractivity (Wildman–Crippen MR) is 380 cm³/mol. The molecule has 3 amide bonds. The molecule has 0 radical (unpaired) electrons. The van der Waals surface area contributed by atoms with Crippen LogP contribution in [-0.4, -0.2) is 175 Å². The van der Waals surface area contributed by atoms with Gasteiger partial charge >= 0.3 is 35.8 Å². The van der Waals surface area contributed by atoms with E-state index in [1.165, 1.54) is 49.8 Å². The van der Waals surface area contributed by atoms with Crippen molar-refractivity contribution in [3.05, 3.63) is 115 Å². The molecule has 0 spiro atoms. The Hall–Kier alpha value is -9.71. The van der Waals surface area contributed by atoms with Crippen molar-refractivity contribution in [3.8, 4) is 0 Å². The van der Waals surface area contributed by atoms with Gasteiger partial charge in [-0.25, -0.2) is 14.6 Å². The van der Waals surface area contributed by atoms with Crippen LogP contribution in [0.1, 0.15) is 128 Å². The maximum absolute atomic E-state index is 14.0. The Labute approximate surface area is 587 Å². The van der Waals surface area contributed by atoms with E-state index in [4.69, 9.17) is 46.1 Å². The second-order valence-electron chi connectivity index (χ2n) is 24.6. The number of H-pyrrole nitrogens is 1. The summed E-state index contributed by atoms with van der Waals surface area (Å²) in [5.41, 5.74) is 26.4. The van der Waals surface area contributed by atoms with Crippen molar-refractivity contribution < 1.29 is 81.9 Å². The van der Waals surface area contributed by atoms with Crippen molar-refractivity contribution >= 4 is 122 Å². The van der Waals surface area contributed by atoms with E-state index >= 15 is 0 Å². The normalized spacial score (nSPS) is 18.1. The predicted octanol–water partition coefficient (Wildman–Crippen LogP) is 5.68. The zero-order valence-electron chi connectivity index (χ0n) is 57.7. The number of carboxylic acids is 2. The number of hydrogen-bond donors (Lipinski definition) is 9. The van der Waals surface area contributed by atoms with E-state index < -0.39 is 126 Å². The molecule has 0 saturated heterocycles. The molecule has 0 aromatic carbocycles. The number of carboxylic acid groups (broad SMARTS) is 2. The minimum atomic E-state index is -1.49. The second kappa shape index (κ2) is 36.9. The number of ketones is 2. The molecule has 538 valence electrons. The van der Waals surface area contributed by atoms with E-state index in [9.17, 15) is 63.0 Å². The molecule has 1 aromatic heterocycles. The Bertz CT molecular complexity index is 3850. The summed E-state index contributed by atoms with van der Waals surface area (Å²) in [6, 6.07) is -2.50. The molecule has 8 bridgehead atoms. The van der Waals surface area contributed by atoms with Gasteiger partial charge in [-0.3, -0.25) is 58.1 Å². The number of nitrogens with zero attached hydrogens (tertiary/aromatic N) is 4. The first-order valence-corrected chi connectivity index (χ1v) is 34.9. The summed E-state index contributed by atoms with van der Waals surface area (Å²) in [6.07, 6.45) is 12.4. The number of esters is 4. The van der Waals surface area contributed by atoms with Crippen molar-refractivity contribution in [2.45, 2.75) is 131 Å². The molecule has 1 aromatic rings. The molecule has 2 unspecified atom stereocenters. The van der Waals surface area contributed by atoms with Gasteiger partial charge in [-0.15, -0.1) is 0 Å². The fraction of sp³-hybridized carbons (Fsp3) is 0.471. The Morgan fingerprint density at radius 2 is 1.48 bits per heavy atom. The van der Waals surface area contributed by atoms with Gasteiger partial charge in [0.05, 0.1) is 85.9 Å². The first-order chi connectivity index (χ1) is 47.4. The quantitative estimate of drug-likeness (QED) is 0.00966. The van der Waals surface area contributed by atoms with Crippen molar-refractivity contribution in [1.29, 1.82) is 0 Å². The third-order valence-corrected chi connectivity index (χ3v) is 20.1. The lowest BCUT2D eigenvalue weighted by molar-refractivity contribution is -0.149. The number of carbonyl (C=O) groups is 11. The lowest BCUT2D eigenvalue weighted by atomic mass is 9.63. The highest BCUT2D eigenvalue weighted by molar-refractivity contribution is 8.76. The van der Waals surface area contributed by atoms with Gasteiger partial charge < -0.3 is 67.3 Å². The summed E-state index contributed by atoms with van der Waals surface area (Å²) in [7, 11) is 6.33. The number of rotatable bonds is 37. The average Bonchev–Trinajstić information content (AvgIpc) is 1.54. The van der Waals surface area contributed by atoms with Gasteiger partial charge in [0.25, 0.3) is 0 Å². The number of amides is 3. The highest BCUT2D eigenvalue weighted by atomic mass is 33.1. The standard InChI is InChI=1S/C70H89N11O17S2/c1-11-46-37(3)53-33-56-50-19-16-49(67(93)96-9)63(68(94)97-10)70(50,7)59(80-56)30-42-26-43(47(36(42)2)17-20-61(87)95-8)28-54-48(38(4)52(78-54)32-55(46)79-53)18-21-62(88)98-24-25-99-100-35-57(77-40(6)82)58(84)29-41(14-12-23-75-69(72)73)64(89)76-34-45(83)27-44(31-60(85)86)65(90)81-51(66(91)92)15-13-22-74-39(5)71/h11,16,19,28,30,32-33,41,44,51,57,63,78H,1,12-15,17-18,20-27,29,31,34-35H2,2-10H3,(H2,71,74)(H,76,89)(H,77,82)(H,81,90)(H,85,86)(H,91,92)(H4,72,73,75)/t41-,44+,51?,57?,63+,70-/m1/s1. The van der Waals surface area contributed by atoms with Gasteiger partial charge in [-0.05, 0) is 148 Å². The van der Waals surface area contributed by atoms with Crippen molar-refractivity contribution in [2.75, 3.05) is 59.1 Å². The summed E-state index contributed by atoms with van der Waals surface area (Å²) in [6.45, 7) is 14.2. The first kappa shape index (κ1) is 79.3. The maximum Gasteiger partial charge on any atom is 0.334 e. The zero-order chi connectivity index (χ0) is 73.7. The molecule has 100 heavy (non-hydrogen) atoms. The summed E-state index contributed by atoms with van der Waals surface area (Å²) < 4.78 is 21.4. The number of Topliss-reactive ketones (excluding diaryl/α,β-unsaturated/α-hetero) is 2. The summed E-state index contributed by atoms with van der Waals surface area (Å²) >= 11 is 0. The highest BCUT2D eigenvalue weighted by Gasteiger charge is 2.55. The third-order valence-electron chi connectivity index (χ3n) is 17.7. The number of guanidine groups is 1. The second-order valence-corrected chi connectivity index (χ2v) is 27.2. The maximum atomic E-state index is 14.0. The molecule has 3 aliphatic heterocycles. The Morgan fingerprint density at radius 3 is 2.13 bits per heavy atom. The van der Waals surface area contributed by atoms with Crippen LogP contribution in [0.25, 0.3) is 12.2 Å². The van der Waals surface area contributed by atoms with Gasteiger partial charge in [0.2, 0.25) is 17.7 Å². The fourth-order valence-corrected chi connectivity index (χ4v) is 14.4. The molecule has 0 saturated carbocycles. The number of nitrogens with one attached hydrogen (secondary N) is 4. The van der Waals surface area contributed by atoms with Crippen LogP contribution < -0.4 is 33.2 Å². The first-order valence-electron chi connectivity index (χ1n) is 32.5. The van der Waals surface area contributed by atoms with Crippen LogP contribution in [0.5, 0.6) is 0 Å². The van der Waals surface area contributed by atoms with E-state index in [0.717, 1.165) is 44.6 Å². The van der Waals surface area contributed by atoms with Gasteiger partial charge in [-0.1, -0.05) is 46.4 Å². The number of aliphatic carboxylic acids is 2. The van der Waals surface area contributed by atoms with E-state index in [1.807, 2.05) is 52.0 Å². The minimum absolute atomic E-state index is 0.0141. The number of amidine groups is 1. The Balaban J connectivity index is 1.15. The van der Waals surface area contributed by atoms with Crippen LogP contribution in [0.4, 0.5) is 0 Å². The summed E-state index contributed by atoms with van der Waals surface area (Å²) in [5, 5.41) is 26.7. The topological polar surface area (TPSA) is 445 Å². The number of fused-ring (bicyclic) bond motifs is 9. The third kappa shape index (κ3) is 20.9. The van der Waals surface area contributed by atoms with Crippen LogP contribution in [0.3, 0.4) is 0 Å². The van der Waals surface area contributed by atoms with E-state index in [-0.39, 0.29) is 93.5 Å². The van der Waals surface area contributed by atoms with Crippen LogP contribution in [0, 0.1) is 30.1 Å². The smallest absolute Gasteiger partial charge is 0.334 e. The molecule has 30 heteroatoms. The van der Waals surface area contributed by atoms with Crippen LogP contribution in [0.15, 0.2) is 113 Å². The van der Waals surface area contributed by atoms with E-state index in [1.54, 1.807) is 25.2 Å². The average molecular weight is 1420 g/mol. The highest BCUT2D eigenvalue weighted by Crippen LogP contribution is 2.54. The van der Waals surface area contributed by atoms with Crippen molar-refractivity contribution in [2.24, 2.45) is 60.3 Å². The number of allylic oxidation sites excluding steroid dienone is 11. The number of aliphatic imine (C=N–C) groups is 4. The van der Waals surface area contributed by atoms with Crippen molar-refractivity contribution in [3.63, 3.8) is 0 Å². The van der Waals surface area contributed by atoms with Gasteiger partial charge in [0.1, 0.15) is 18.6 Å².